The molecule has 1 aromatic heterocycles. The van der Waals surface area contributed by atoms with Crippen molar-refractivity contribution in [2.24, 2.45) is 0 Å². The largest absolute Gasteiger partial charge is 0.326 e. The summed E-state index contributed by atoms with van der Waals surface area (Å²) in [6.45, 7) is 7.22. The topological polar surface area (TPSA) is 117 Å². The molecule has 0 aliphatic carbocycles. The van der Waals surface area contributed by atoms with Gasteiger partial charge in [0.2, 0.25) is 11.8 Å². The summed E-state index contributed by atoms with van der Waals surface area (Å²) in [5.41, 5.74) is 3.43. The van der Waals surface area contributed by atoms with Gasteiger partial charge in [0.1, 0.15) is 0 Å². The Morgan fingerprint density at radius 3 is 2.47 bits per heavy atom. The number of aromatic amines is 1. The molecule has 0 radical (unpaired) electrons. The van der Waals surface area contributed by atoms with E-state index in [-0.39, 0.29) is 22.7 Å². The van der Waals surface area contributed by atoms with E-state index in [2.05, 4.69) is 25.8 Å². The van der Waals surface area contributed by atoms with E-state index in [9.17, 15) is 14.4 Å². The number of carbonyl (C=O) groups is 2. The number of hydrogen-bond acceptors (Lipinski definition) is 6. The number of benzene rings is 2. The first-order chi connectivity index (χ1) is 15.3. The van der Waals surface area contributed by atoms with Crippen LogP contribution in [0.2, 0.25) is 0 Å². The fourth-order valence-corrected chi connectivity index (χ4v) is 4.01. The van der Waals surface area contributed by atoms with E-state index in [0.29, 0.717) is 17.7 Å². The van der Waals surface area contributed by atoms with Crippen LogP contribution in [0.4, 0.5) is 11.4 Å². The molecule has 0 spiro atoms. The molecule has 0 aliphatic heterocycles. The Kier molecular flexibility index (Phi) is 7.42. The van der Waals surface area contributed by atoms with Crippen LogP contribution < -0.4 is 16.2 Å². The van der Waals surface area contributed by atoms with Gasteiger partial charge in [0.25, 0.3) is 5.56 Å². The molecule has 1 heterocycles. The lowest BCUT2D eigenvalue weighted by atomic mass is 10.1. The number of amides is 2. The number of carbonyl (C=O) groups excluding carboxylic acids is 2. The average Bonchev–Trinajstić information content (AvgIpc) is 2.74. The highest BCUT2D eigenvalue weighted by molar-refractivity contribution is 8.00. The van der Waals surface area contributed by atoms with Crippen LogP contribution in [0.5, 0.6) is 0 Å². The van der Waals surface area contributed by atoms with Gasteiger partial charge in [-0.05, 0) is 38.0 Å². The molecule has 32 heavy (non-hydrogen) atoms. The van der Waals surface area contributed by atoms with Gasteiger partial charge in [-0.3, -0.25) is 19.4 Å². The summed E-state index contributed by atoms with van der Waals surface area (Å²) in [4.78, 5) is 39.6. The first kappa shape index (κ1) is 23.2. The summed E-state index contributed by atoms with van der Waals surface area (Å²) < 4.78 is 0. The van der Waals surface area contributed by atoms with Crippen molar-refractivity contribution in [2.75, 3.05) is 10.6 Å². The Bertz CT molecular complexity index is 1210. The van der Waals surface area contributed by atoms with Crippen molar-refractivity contribution in [3.8, 4) is 11.3 Å². The predicted octanol–water partition coefficient (Wildman–Crippen LogP) is 3.92. The highest BCUT2D eigenvalue weighted by Gasteiger charge is 2.21. The van der Waals surface area contributed by atoms with Gasteiger partial charge < -0.3 is 10.6 Å². The van der Waals surface area contributed by atoms with Crippen LogP contribution >= 0.6 is 11.8 Å². The Hall–Kier alpha value is -3.46. The molecule has 0 saturated heterocycles. The molecule has 8 nitrogen and oxygen atoms in total. The third-order valence-corrected chi connectivity index (χ3v) is 5.97. The van der Waals surface area contributed by atoms with Gasteiger partial charge in [0.05, 0.1) is 10.9 Å². The zero-order valence-electron chi connectivity index (χ0n) is 18.4. The van der Waals surface area contributed by atoms with Gasteiger partial charge in [-0.1, -0.05) is 54.6 Å². The van der Waals surface area contributed by atoms with E-state index in [4.69, 9.17) is 0 Å². The lowest BCUT2D eigenvalue weighted by Crippen LogP contribution is -2.26. The number of aryl methyl sites for hydroxylation is 2. The highest BCUT2D eigenvalue weighted by atomic mass is 32.2. The summed E-state index contributed by atoms with van der Waals surface area (Å²) in [6.07, 6.45) is 0.540. The van der Waals surface area contributed by atoms with Gasteiger partial charge in [0.15, 0.2) is 10.9 Å². The molecule has 0 unspecified atom stereocenters. The molecule has 3 rings (SSSR count). The average molecular weight is 452 g/mol. The Balaban J connectivity index is 1.79. The Morgan fingerprint density at radius 1 is 1.06 bits per heavy atom. The molecule has 0 aliphatic rings. The van der Waals surface area contributed by atoms with E-state index in [0.717, 1.165) is 28.6 Å². The van der Waals surface area contributed by atoms with Crippen molar-refractivity contribution < 1.29 is 9.59 Å². The van der Waals surface area contributed by atoms with Gasteiger partial charge in [0, 0.05) is 18.2 Å². The fourth-order valence-electron chi connectivity index (χ4n) is 3.16. The second kappa shape index (κ2) is 10.2. The molecular weight excluding hydrogens is 426 g/mol. The maximum Gasteiger partial charge on any atom is 0.278 e. The molecule has 9 heteroatoms. The molecular formula is C23H25N5O3S. The maximum absolute atomic E-state index is 12.8. The number of aromatic nitrogens is 3. The number of rotatable bonds is 7. The number of nitrogens with one attached hydrogen (secondary N) is 3. The van der Waals surface area contributed by atoms with Crippen LogP contribution in [0.15, 0.2) is 52.4 Å². The first-order valence-corrected chi connectivity index (χ1v) is 11.0. The minimum atomic E-state index is -0.460. The Labute approximate surface area is 190 Å². The van der Waals surface area contributed by atoms with Crippen LogP contribution in [-0.2, 0) is 9.59 Å². The number of anilines is 2. The summed E-state index contributed by atoms with van der Waals surface area (Å²) >= 11 is 1.15. The van der Waals surface area contributed by atoms with Crippen LogP contribution in [0.1, 0.15) is 31.4 Å². The lowest BCUT2D eigenvalue weighted by molar-refractivity contribution is -0.116. The molecule has 2 aromatic carbocycles. The third kappa shape index (κ3) is 5.61. The molecule has 3 aromatic rings. The standard InChI is InChI=1S/C23H25N5O3S/c1-5-19(21(30)25-17-11-10-13(2)12-14(17)3)32-23-26-22(31)20(27-28-23)16-8-6-7-9-18(16)24-15(4)29/h6-12,19H,5H2,1-4H3,(H,24,29)(H,25,30)(H,26,28,31)/t19-/m0/s1. The van der Waals surface area contributed by atoms with E-state index >= 15 is 0 Å². The van der Waals surface area contributed by atoms with E-state index in [1.165, 1.54) is 6.92 Å². The van der Waals surface area contributed by atoms with E-state index < -0.39 is 10.8 Å². The summed E-state index contributed by atoms with van der Waals surface area (Å²) in [7, 11) is 0. The van der Waals surface area contributed by atoms with Crippen molar-refractivity contribution in [3.05, 3.63) is 63.9 Å². The molecule has 1 atom stereocenters. The van der Waals surface area contributed by atoms with E-state index in [1.807, 2.05) is 39.0 Å². The second-order valence-electron chi connectivity index (χ2n) is 7.36. The van der Waals surface area contributed by atoms with Gasteiger partial charge in [-0.2, -0.15) is 0 Å². The van der Waals surface area contributed by atoms with E-state index in [1.54, 1.807) is 24.3 Å². The predicted molar refractivity (Wildman–Crippen MR) is 127 cm³/mol. The number of thioether (sulfide) groups is 1. The normalized spacial score (nSPS) is 11.6. The second-order valence-corrected chi connectivity index (χ2v) is 8.55. The summed E-state index contributed by atoms with van der Waals surface area (Å²) in [5.74, 6) is -0.429. The minimum Gasteiger partial charge on any atom is -0.326 e. The van der Waals surface area contributed by atoms with Gasteiger partial charge >= 0.3 is 0 Å². The quantitative estimate of drug-likeness (QED) is 0.469. The van der Waals surface area contributed by atoms with Crippen molar-refractivity contribution in [2.45, 2.75) is 44.5 Å². The maximum atomic E-state index is 12.8. The van der Waals surface area contributed by atoms with Crippen LogP contribution in [-0.4, -0.2) is 32.2 Å². The molecule has 2 amide bonds. The molecule has 0 fully saturated rings. The minimum absolute atomic E-state index is 0.0893. The lowest BCUT2D eigenvalue weighted by Gasteiger charge is -2.15. The Morgan fingerprint density at radius 2 is 1.81 bits per heavy atom. The van der Waals surface area contributed by atoms with Gasteiger partial charge in [-0.25, -0.2) is 0 Å². The SMILES string of the molecule is CC[C@H](Sc1nnc(-c2ccccc2NC(C)=O)c(=O)[nH]1)C(=O)Nc1ccc(C)cc1C. The molecule has 166 valence electrons. The van der Waals surface area contributed by atoms with Gasteiger partial charge in [-0.15, -0.1) is 10.2 Å². The van der Waals surface area contributed by atoms with Crippen molar-refractivity contribution in [3.63, 3.8) is 0 Å². The van der Waals surface area contributed by atoms with Crippen molar-refractivity contribution in [1.29, 1.82) is 0 Å². The number of nitrogens with zero attached hydrogens (tertiary/aromatic N) is 2. The van der Waals surface area contributed by atoms with Crippen LogP contribution in [0, 0.1) is 13.8 Å². The fraction of sp³-hybridized carbons (Fsp3) is 0.261. The third-order valence-electron chi connectivity index (χ3n) is 4.73. The molecule has 0 bridgehead atoms. The van der Waals surface area contributed by atoms with Crippen molar-refractivity contribution in [1.82, 2.24) is 15.2 Å². The van der Waals surface area contributed by atoms with Crippen molar-refractivity contribution >= 4 is 35.0 Å². The zero-order chi connectivity index (χ0) is 23.3. The number of hydrogen-bond donors (Lipinski definition) is 3. The number of H-pyrrole nitrogens is 1. The molecule has 0 saturated carbocycles. The monoisotopic (exact) mass is 451 g/mol. The zero-order valence-corrected chi connectivity index (χ0v) is 19.2. The molecule has 3 N–H and O–H groups in total. The summed E-state index contributed by atoms with van der Waals surface area (Å²) in [6, 6.07) is 12.7. The highest BCUT2D eigenvalue weighted by Crippen LogP contribution is 2.26. The first-order valence-electron chi connectivity index (χ1n) is 10.2. The summed E-state index contributed by atoms with van der Waals surface area (Å²) in [5, 5.41) is 13.6. The number of para-hydroxylation sites is 1. The van der Waals surface area contributed by atoms with Crippen LogP contribution in [0.3, 0.4) is 0 Å². The van der Waals surface area contributed by atoms with Crippen LogP contribution in [0.25, 0.3) is 11.3 Å². The smallest absolute Gasteiger partial charge is 0.278 e.